The number of fused-ring (bicyclic) bond motifs is 3. The van der Waals surface area contributed by atoms with Gasteiger partial charge < -0.3 is 50.3 Å². The van der Waals surface area contributed by atoms with Crippen LogP contribution < -0.4 is 21.7 Å². The smallest absolute Gasteiger partial charge is 0.329 e. The highest BCUT2D eigenvalue weighted by Crippen LogP contribution is 2.29. The van der Waals surface area contributed by atoms with E-state index in [9.17, 15) is 19.2 Å². The number of benzene rings is 1. The van der Waals surface area contributed by atoms with Crippen LogP contribution in [0.5, 0.6) is 0 Å². The zero-order chi connectivity index (χ0) is 35.1. The summed E-state index contributed by atoms with van der Waals surface area (Å²) in [4.78, 5) is 56.0. The zero-order valence-electron chi connectivity index (χ0n) is 28.0. The van der Waals surface area contributed by atoms with Gasteiger partial charge in [-0.1, -0.05) is 32.0 Å². The molecule has 0 radical (unpaired) electrons. The molecule has 48 heavy (non-hydrogen) atoms. The third-order valence-corrected chi connectivity index (χ3v) is 7.04. The van der Waals surface area contributed by atoms with Crippen molar-refractivity contribution in [3.8, 4) is 0 Å². The van der Waals surface area contributed by atoms with Crippen molar-refractivity contribution in [1.82, 2.24) is 30.5 Å². The maximum Gasteiger partial charge on any atom is 0.329 e. The molecule has 6 N–H and O–H groups in total. The molecule has 16 nitrogen and oxygen atoms in total. The molecule has 0 bridgehead atoms. The molecule has 0 aliphatic rings. The van der Waals surface area contributed by atoms with E-state index in [1.807, 2.05) is 45.0 Å². The maximum atomic E-state index is 12.3. The summed E-state index contributed by atoms with van der Waals surface area (Å²) in [5.74, 6) is -1.22. The fourth-order valence-corrected chi connectivity index (χ4v) is 4.61. The number of ether oxygens (including phenoxy) is 4. The van der Waals surface area contributed by atoms with Gasteiger partial charge in [-0.25, -0.2) is 14.8 Å². The van der Waals surface area contributed by atoms with Gasteiger partial charge in [0.25, 0.3) is 0 Å². The van der Waals surface area contributed by atoms with Crippen LogP contribution in [0.1, 0.15) is 39.9 Å². The Kier molecular flexibility index (Phi) is 14.9. The van der Waals surface area contributed by atoms with Gasteiger partial charge in [0.05, 0.1) is 23.7 Å². The highest BCUT2D eigenvalue weighted by Gasteiger charge is 2.21. The minimum Gasteiger partial charge on any atom is -0.480 e. The molecule has 2 heterocycles. The third-order valence-electron chi connectivity index (χ3n) is 7.04. The van der Waals surface area contributed by atoms with Crippen molar-refractivity contribution >= 4 is 51.4 Å². The van der Waals surface area contributed by atoms with Gasteiger partial charge in [-0.05, 0) is 26.3 Å². The number of amides is 3. The molecule has 0 saturated heterocycles. The largest absolute Gasteiger partial charge is 0.480 e. The predicted molar refractivity (Wildman–Crippen MR) is 177 cm³/mol. The molecule has 0 fully saturated rings. The standard InChI is InChI=1S/C32H47N7O9/c1-5-45-14-24-38-29-30(22-9-6-7-10-23(22)37-31(29)33)39(24)12-8-11-34-25(40)15-46-16-26(41)35-13-21(2)48-20-32(3,4)19-36-27(42)17-47-18-28(43)44/h6-7,9-10,21H,5,8,11-20H2,1-4H3,(H2,33,37)(H,34,40)(H,35,41)(H,36,42)(H,43,44). The summed E-state index contributed by atoms with van der Waals surface area (Å²) in [6.07, 6.45) is 0.286. The van der Waals surface area contributed by atoms with Gasteiger partial charge in [-0.3, -0.25) is 14.4 Å². The van der Waals surface area contributed by atoms with Crippen molar-refractivity contribution in [3.63, 3.8) is 0 Å². The first-order chi connectivity index (χ1) is 22.9. The van der Waals surface area contributed by atoms with Crippen molar-refractivity contribution in [3.05, 3.63) is 30.1 Å². The summed E-state index contributed by atoms with van der Waals surface area (Å²) in [5.41, 5.74) is 8.08. The average Bonchev–Trinajstić information content (AvgIpc) is 3.42. The second-order valence-corrected chi connectivity index (χ2v) is 12.0. The molecule has 0 aliphatic heterocycles. The fourth-order valence-electron chi connectivity index (χ4n) is 4.61. The molecule has 3 aromatic rings. The van der Waals surface area contributed by atoms with Crippen LogP contribution in [0.3, 0.4) is 0 Å². The minimum absolute atomic E-state index is 0.227. The van der Waals surface area contributed by atoms with Gasteiger partial charge in [0.2, 0.25) is 17.7 Å². The van der Waals surface area contributed by atoms with Crippen LogP contribution in [0.15, 0.2) is 24.3 Å². The van der Waals surface area contributed by atoms with E-state index in [0.29, 0.717) is 50.7 Å². The molecule has 1 atom stereocenters. The number of carbonyl (C=O) groups excluding carboxylic acids is 3. The number of nitrogens with two attached hydrogens (primary N) is 1. The number of nitrogens with zero attached hydrogens (tertiary/aromatic N) is 3. The number of aliphatic carboxylic acids is 1. The molecule has 16 heteroatoms. The number of nitrogen functional groups attached to an aromatic ring is 1. The Morgan fingerprint density at radius 2 is 1.62 bits per heavy atom. The predicted octanol–water partition coefficient (Wildman–Crippen LogP) is 0.991. The summed E-state index contributed by atoms with van der Waals surface area (Å²) >= 11 is 0. The number of aryl methyl sites for hydroxylation is 1. The molecular formula is C32H47N7O9. The highest BCUT2D eigenvalue weighted by molar-refractivity contribution is 6.06. The fraction of sp³-hybridized carbons (Fsp3) is 0.562. The zero-order valence-corrected chi connectivity index (χ0v) is 28.0. The van der Waals surface area contributed by atoms with Crippen LogP contribution in [0, 0.1) is 5.41 Å². The molecular weight excluding hydrogens is 626 g/mol. The average molecular weight is 674 g/mol. The summed E-state index contributed by atoms with van der Waals surface area (Å²) in [6.45, 7) is 8.67. The first-order valence-corrected chi connectivity index (χ1v) is 15.8. The van der Waals surface area contributed by atoms with Crippen LogP contribution in [-0.4, -0.2) is 109 Å². The lowest BCUT2D eigenvalue weighted by molar-refractivity contribution is -0.143. The number of carbonyl (C=O) groups is 4. The SMILES string of the molecule is CCOCc1nc2c(N)nc3ccccc3c2n1CCCNC(=O)COCC(=O)NCC(C)OCC(C)(C)CNC(=O)COCC(=O)O. The van der Waals surface area contributed by atoms with E-state index in [4.69, 9.17) is 34.8 Å². The Labute approximate surface area is 279 Å². The van der Waals surface area contributed by atoms with Gasteiger partial charge >= 0.3 is 5.97 Å². The van der Waals surface area contributed by atoms with Gasteiger partial charge in [0.15, 0.2) is 5.82 Å². The highest BCUT2D eigenvalue weighted by atomic mass is 16.5. The van der Waals surface area contributed by atoms with E-state index in [-0.39, 0.29) is 50.8 Å². The molecule has 1 unspecified atom stereocenters. The number of anilines is 1. The van der Waals surface area contributed by atoms with E-state index in [0.717, 1.165) is 22.2 Å². The van der Waals surface area contributed by atoms with E-state index >= 15 is 0 Å². The number of nitrogens with one attached hydrogen (secondary N) is 3. The Balaban J connectivity index is 1.34. The molecule has 2 aromatic heterocycles. The summed E-state index contributed by atoms with van der Waals surface area (Å²) in [5, 5.41) is 17.7. The normalized spacial score (nSPS) is 12.2. The van der Waals surface area contributed by atoms with Crippen molar-refractivity contribution in [1.29, 1.82) is 0 Å². The molecule has 1 aromatic carbocycles. The van der Waals surface area contributed by atoms with E-state index in [1.54, 1.807) is 6.92 Å². The third kappa shape index (κ3) is 12.3. The molecule has 0 spiro atoms. The molecule has 264 valence electrons. The number of aromatic nitrogens is 3. The number of carboxylic acids is 1. The van der Waals surface area contributed by atoms with Crippen LogP contribution in [0.25, 0.3) is 21.9 Å². The summed E-state index contributed by atoms with van der Waals surface area (Å²) in [6, 6.07) is 7.73. The number of rotatable bonds is 22. The van der Waals surface area contributed by atoms with Gasteiger partial charge in [0.1, 0.15) is 44.4 Å². The topological polar surface area (TPSA) is 218 Å². The van der Waals surface area contributed by atoms with Crippen LogP contribution in [0.4, 0.5) is 5.82 Å². The van der Waals surface area contributed by atoms with Crippen LogP contribution in [0.2, 0.25) is 0 Å². The van der Waals surface area contributed by atoms with E-state index < -0.39 is 23.9 Å². The van der Waals surface area contributed by atoms with Crippen LogP contribution in [-0.2, 0) is 51.3 Å². The Hall–Kier alpha value is -4.38. The Morgan fingerprint density at radius 3 is 2.33 bits per heavy atom. The first kappa shape index (κ1) is 38.1. The quantitative estimate of drug-likeness (QED) is 0.0944. The summed E-state index contributed by atoms with van der Waals surface area (Å²) < 4.78 is 23.5. The van der Waals surface area contributed by atoms with Gasteiger partial charge in [0, 0.05) is 43.6 Å². The number of hydrogen-bond acceptors (Lipinski definition) is 11. The number of pyridine rings is 1. The van der Waals surface area contributed by atoms with Crippen molar-refractivity contribution in [2.24, 2.45) is 5.41 Å². The van der Waals surface area contributed by atoms with Gasteiger partial charge in [-0.15, -0.1) is 0 Å². The van der Waals surface area contributed by atoms with Crippen molar-refractivity contribution in [2.75, 3.05) is 65.0 Å². The lowest BCUT2D eigenvalue weighted by atomic mass is 9.95. The molecule has 0 aliphatic carbocycles. The number of hydrogen-bond donors (Lipinski definition) is 5. The maximum absolute atomic E-state index is 12.3. The molecule has 0 saturated carbocycles. The van der Waals surface area contributed by atoms with E-state index in [1.165, 1.54) is 0 Å². The number of imidazole rings is 1. The molecule has 3 rings (SSSR count). The van der Waals surface area contributed by atoms with E-state index in [2.05, 4.69) is 25.5 Å². The minimum atomic E-state index is -1.15. The Bertz CT molecular complexity index is 1540. The van der Waals surface area contributed by atoms with Crippen LogP contribution >= 0.6 is 0 Å². The second-order valence-electron chi connectivity index (χ2n) is 12.0. The lowest BCUT2D eigenvalue weighted by Gasteiger charge is -2.27. The van der Waals surface area contributed by atoms with Crippen molar-refractivity contribution in [2.45, 2.75) is 53.4 Å². The second kappa shape index (κ2) is 18.8. The number of para-hydroxylation sites is 1. The summed E-state index contributed by atoms with van der Waals surface area (Å²) in [7, 11) is 0. The van der Waals surface area contributed by atoms with Gasteiger partial charge in [-0.2, -0.15) is 0 Å². The molecule has 3 amide bonds. The Morgan fingerprint density at radius 1 is 0.958 bits per heavy atom. The number of carboxylic acid groups (broad SMARTS) is 1. The first-order valence-electron chi connectivity index (χ1n) is 15.8. The lowest BCUT2D eigenvalue weighted by Crippen LogP contribution is -2.41. The monoisotopic (exact) mass is 673 g/mol. The van der Waals surface area contributed by atoms with Crippen molar-refractivity contribution < 1.29 is 43.2 Å².